The lowest BCUT2D eigenvalue weighted by molar-refractivity contribution is -0.134. The van der Waals surface area contributed by atoms with E-state index in [0.717, 1.165) is 41.4 Å². The molecule has 118 valence electrons. The first-order chi connectivity index (χ1) is 11.7. The molecule has 0 saturated carbocycles. The molecule has 0 N–H and O–H groups in total. The van der Waals surface area contributed by atoms with Gasteiger partial charge in [0.05, 0.1) is 7.11 Å². The Kier molecular flexibility index (Phi) is 5.00. The maximum Gasteiger partial charge on any atom is 0.330 e. The van der Waals surface area contributed by atoms with Crippen LogP contribution in [-0.2, 0) is 16.0 Å². The lowest BCUT2D eigenvalue weighted by Crippen LogP contribution is -1.96. The normalized spacial score (nSPS) is 14.4. The molecule has 3 heteroatoms. The van der Waals surface area contributed by atoms with Crippen LogP contribution in [0.25, 0.3) is 11.6 Å². The summed E-state index contributed by atoms with van der Waals surface area (Å²) in [5, 5.41) is 0. The van der Waals surface area contributed by atoms with E-state index in [0.29, 0.717) is 0 Å². The Morgan fingerprint density at radius 2 is 1.83 bits per heavy atom. The van der Waals surface area contributed by atoms with Gasteiger partial charge in [-0.3, -0.25) is 0 Å². The SMILES string of the molecule is [B]C1=C(c2ccc(/C=C/C(=O)OC)cc2)c2ccccc2CCC1. The number of fused-ring (bicyclic) bond motifs is 1. The van der Waals surface area contributed by atoms with Crippen LogP contribution in [0.2, 0.25) is 0 Å². The summed E-state index contributed by atoms with van der Waals surface area (Å²) in [6.45, 7) is 0. The van der Waals surface area contributed by atoms with E-state index in [1.807, 2.05) is 12.1 Å². The van der Waals surface area contributed by atoms with Crippen LogP contribution in [0.5, 0.6) is 0 Å². The Bertz CT molecular complexity index is 801. The lowest BCUT2D eigenvalue weighted by atomic mass is 9.81. The zero-order chi connectivity index (χ0) is 16.9. The molecule has 2 aromatic rings. The summed E-state index contributed by atoms with van der Waals surface area (Å²) in [5.41, 5.74) is 6.71. The molecule has 0 aliphatic heterocycles. The fourth-order valence-electron chi connectivity index (χ4n) is 3.08. The molecule has 3 rings (SSSR count). The van der Waals surface area contributed by atoms with Crippen molar-refractivity contribution < 1.29 is 9.53 Å². The third kappa shape index (κ3) is 3.51. The van der Waals surface area contributed by atoms with Crippen molar-refractivity contribution in [1.82, 2.24) is 0 Å². The fourth-order valence-corrected chi connectivity index (χ4v) is 3.08. The lowest BCUT2D eigenvalue weighted by Gasteiger charge is -2.14. The number of hydrogen-bond donors (Lipinski definition) is 0. The van der Waals surface area contributed by atoms with Crippen LogP contribution in [0.15, 0.2) is 60.1 Å². The maximum atomic E-state index is 11.2. The number of carbonyl (C=O) groups excluding carboxylic acids is 1. The highest BCUT2D eigenvalue weighted by Crippen LogP contribution is 2.33. The maximum absolute atomic E-state index is 11.2. The Hall–Kier alpha value is -2.55. The van der Waals surface area contributed by atoms with E-state index in [2.05, 4.69) is 41.1 Å². The molecule has 0 heterocycles. The standard InChI is InChI=1S/C21H19BO2/c1-24-20(23)14-11-15-9-12-17(13-10-15)21-18-7-3-2-5-16(18)6-4-8-19(21)22/h2-3,5,7,9-14H,4,6,8H2,1H3/b14-11+. The third-order valence-electron chi connectivity index (χ3n) is 4.31. The van der Waals surface area contributed by atoms with E-state index in [-0.39, 0.29) is 5.97 Å². The van der Waals surface area contributed by atoms with Gasteiger partial charge in [0.25, 0.3) is 0 Å². The van der Waals surface area contributed by atoms with Crippen molar-refractivity contribution in [1.29, 1.82) is 0 Å². The summed E-state index contributed by atoms with van der Waals surface area (Å²) >= 11 is 0. The van der Waals surface area contributed by atoms with Gasteiger partial charge in [-0.1, -0.05) is 48.5 Å². The summed E-state index contributed by atoms with van der Waals surface area (Å²) in [6.07, 6.45) is 6.21. The highest BCUT2D eigenvalue weighted by molar-refractivity contribution is 6.26. The second kappa shape index (κ2) is 7.35. The Labute approximate surface area is 144 Å². The van der Waals surface area contributed by atoms with Gasteiger partial charge < -0.3 is 4.74 Å². The molecule has 1 aliphatic rings. The number of allylic oxidation sites excluding steroid dienone is 1. The summed E-state index contributed by atoms with van der Waals surface area (Å²) in [4.78, 5) is 11.2. The number of carbonyl (C=O) groups is 1. The van der Waals surface area contributed by atoms with Crippen molar-refractivity contribution in [3.05, 3.63) is 82.3 Å². The van der Waals surface area contributed by atoms with Crippen LogP contribution in [0.4, 0.5) is 0 Å². The highest BCUT2D eigenvalue weighted by atomic mass is 16.5. The van der Waals surface area contributed by atoms with Crippen molar-refractivity contribution in [2.75, 3.05) is 7.11 Å². The van der Waals surface area contributed by atoms with Crippen LogP contribution < -0.4 is 0 Å². The van der Waals surface area contributed by atoms with Crippen molar-refractivity contribution in [3.8, 4) is 0 Å². The number of benzene rings is 2. The van der Waals surface area contributed by atoms with E-state index < -0.39 is 0 Å². The van der Waals surface area contributed by atoms with E-state index >= 15 is 0 Å². The second-order valence-electron chi connectivity index (χ2n) is 5.89. The molecule has 0 fully saturated rings. The second-order valence-corrected chi connectivity index (χ2v) is 5.89. The van der Waals surface area contributed by atoms with Gasteiger partial charge in [-0.15, -0.1) is 5.47 Å². The van der Waals surface area contributed by atoms with Crippen LogP contribution in [0, 0.1) is 0 Å². The van der Waals surface area contributed by atoms with Gasteiger partial charge in [-0.25, -0.2) is 4.79 Å². The molecular formula is C21H19BO2. The third-order valence-corrected chi connectivity index (χ3v) is 4.31. The Balaban J connectivity index is 1.96. The smallest absolute Gasteiger partial charge is 0.330 e. The minimum absolute atomic E-state index is 0.358. The summed E-state index contributed by atoms with van der Waals surface area (Å²) in [6, 6.07) is 16.6. The minimum atomic E-state index is -0.358. The summed E-state index contributed by atoms with van der Waals surface area (Å²) < 4.78 is 4.61. The Morgan fingerprint density at radius 1 is 1.08 bits per heavy atom. The van der Waals surface area contributed by atoms with Crippen molar-refractivity contribution in [2.24, 2.45) is 0 Å². The molecule has 0 spiro atoms. The molecule has 0 saturated heterocycles. The predicted octanol–water partition coefficient (Wildman–Crippen LogP) is 4.14. The molecule has 0 atom stereocenters. The van der Waals surface area contributed by atoms with Gasteiger partial charge >= 0.3 is 5.97 Å². The van der Waals surface area contributed by atoms with Crippen molar-refractivity contribution in [3.63, 3.8) is 0 Å². The minimum Gasteiger partial charge on any atom is -0.466 e. The van der Waals surface area contributed by atoms with Gasteiger partial charge in [0.1, 0.15) is 7.85 Å². The molecule has 0 amide bonds. The van der Waals surface area contributed by atoms with Crippen LogP contribution in [-0.4, -0.2) is 20.9 Å². The molecule has 0 aromatic heterocycles. The van der Waals surface area contributed by atoms with Crippen molar-refractivity contribution in [2.45, 2.75) is 19.3 Å². The van der Waals surface area contributed by atoms with Gasteiger partial charge in [0, 0.05) is 6.08 Å². The van der Waals surface area contributed by atoms with Crippen LogP contribution in [0.3, 0.4) is 0 Å². The Morgan fingerprint density at radius 3 is 2.58 bits per heavy atom. The predicted molar refractivity (Wildman–Crippen MR) is 98.6 cm³/mol. The van der Waals surface area contributed by atoms with Crippen molar-refractivity contribution >= 4 is 25.5 Å². The number of hydrogen-bond acceptors (Lipinski definition) is 2. The largest absolute Gasteiger partial charge is 0.466 e. The average Bonchev–Trinajstić information content (AvgIpc) is 2.78. The van der Waals surface area contributed by atoms with Crippen LogP contribution >= 0.6 is 0 Å². The fraction of sp³-hybridized carbons (Fsp3) is 0.190. The number of rotatable bonds is 3. The molecule has 24 heavy (non-hydrogen) atoms. The quantitative estimate of drug-likeness (QED) is 0.483. The first-order valence-corrected chi connectivity index (χ1v) is 8.12. The van der Waals surface area contributed by atoms with E-state index in [4.69, 9.17) is 7.85 Å². The topological polar surface area (TPSA) is 26.3 Å². The molecule has 1 aliphatic carbocycles. The zero-order valence-electron chi connectivity index (χ0n) is 13.8. The summed E-state index contributed by atoms with van der Waals surface area (Å²) in [7, 11) is 7.75. The number of aryl methyl sites for hydroxylation is 1. The highest BCUT2D eigenvalue weighted by Gasteiger charge is 2.15. The molecule has 2 radical (unpaired) electrons. The van der Waals surface area contributed by atoms with Gasteiger partial charge in [0.15, 0.2) is 0 Å². The molecular weight excluding hydrogens is 295 g/mol. The number of esters is 1. The first-order valence-electron chi connectivity index (χ1n) is 8.12. The average molecular weight is 314 g/mol. The molecule has 2 nitrogen and oxygen atoms in total. The van der Waals surface area contributed by atoms with Crippen LogP contribution in [0.1, 0.15) is 35.1 Å². The molecule has 0 unspecified atom stereocenters. The van der Waals surface area contributed by atoms with E-state index in [1.165, 1.54) is 24.3 Å². The number of methoxy groups -OCH3 is 1. The van der Waals surface area contributed by atoms with Gasteiger partial charge in [-0.05, 0) is 53.2 Å². The number of ether oxygens (including phenoxy) is 1. The van der Waals surface area contributed by atoms with E-state index in [1.54, 1.807) is 6.08 Å². The van der Waals surface area contributed by atoms with Gasteiger partial charge in [0.2, 0.25) is 0 Å². The zero-order valence-corrected chi connectivity index (χ0v) is 13.8. The van der Waals surface area contributed by atoms with Gasteiger partial charge in [-0.2, -0.15) is 0 Å². The van der Waals surface area contributed by atoms with E-state index in [9.17, 15) is 4.79 Å². The monoisotopic (exact) mass is 314 g/mol. The summed E-state index contributed by atoms with van der Waals surface area (Å²) in [5.74, 6) is -0.358. The first kappa shape index (κ1) is 16.3. The molecule has 2 aromatic carbocycles. The molecule has 0 bridgehead atoms.